The highest BCUT2D eigenvalue weighted by Gasteiger charge is 2.36. The second-order valence-electron chi connectivity index (χ2n) is 7.70. The molecule has 1 aliphatic heterocycles. The van der Waals surface area contributed by atoms with Gasteiger partial charge in [-0.25, -0.2) is 4.90 Å². The molecule has 1 heterocycles. The molecular formula is C28H17N3O3. The lowest BCUT2D eigenvalue weighted by Gasteiger charge is -2.16. The van der Waals surface area contributed by atoms with E-state index in [4.69, 9.17) is 0 Å². The van der Waals surface area contributed by atoms with Crippen LogP contribution in [0.4, 0.5) is 11.4 Å². The Kier molecular flexibility index (Phi) is 5.21. The highest BCUT2D eigenvalue weighted by atomic mass is 16.2. The van der Waals surface area contributed by atoms with Crippen molar-refractivity contribution in [3.05, 3.63) is 119 Å². The average molecular weight is 443 g/mol. The Balaban J connectivity index is 1.45. The second kappa shape index (κ2) is 8.49. The third kappa shape index (κ3) is 3.51. The molecule has 0 saturated heterocycles. The molecule has 3 amide bonds. The van der Waals surface area contributed by atoms with Crippen LogP contribution in [0, 0.1) is 11.3 Å². The Morgan fingerprint density at radius 2 is 1.29 bits per heavy atom. The Morgan fingerprint density at radius 1 is 0.706 bits per heavy atom. The van der Waals surface area contributed by atoms with Crippen molar-refractivity contribution in [2.75, 3.05) is 10.2 Å². The zero-order valence-corrected chi connectivity index (χ0v) is 17.9. The van der Waals surface area contributed by atoms with Crippen LogP contribution in [0.25, 0.3) is 11.1 Å². The molecule has 0 bridgehead atoms. The molecule has 0 radical (unpaired) electrons. The van der Waals surface area contributed by atoms with Crippen LogP contribution >= 0.6 is 0 Å². The van der Waals surface area contributed by atoms with Crippen LogP contribution in [0.15, 0.2) is 97.1 Å². The number of hydrogen-bond acceptors (Lipinski definition) is 4. The molecular weight excluding hydrogens is 426 g/mol. The van der Waals surface area contributed by atoms with E-state index in [1.54, 1.807) is 84.9 Å². The first-order valence-corrected chi connectivity index (χ1v) is 10.6. The van der Waals surface area contributed by atoms with Crippen molar-refractivity contribution in [2.24, 2.45) is 0 Å². The predicted molar refractivity (Wildman–Crippen MR) is 129 cm³/mol. The number of amides is 3. The Hall–Kier alpha value is -5.02. The maximum absolute atomic E-state index is 13.2. The summed E-state index contributed by atoms with van der Waals surface area (Å²) in [5.41, 5.74) is 3.67. The van der Waals surface area contributed by atoms with Crippen LogP contribution < -0.4 is 10.2 Å². The molecule has 0 spiro atoms. The summed E-state index contributed by atoms with van der Waals surface area (Å²) in [7, 11) is 0. The number of nitrogens with zero attached hydrogens (tertiary/aromatic N) is 2. The van der Waals surface area contributed by atoms with Crippen molar-refractivity contribution >= 4 is 29.1 Å². The van der Waals surface area contributed by atoms with E-state index in [2.05, 4.69) is 11.4 Å². The number of benzene rings is 4. The lowest BCUT2D eigenvalue weighted by molar-refractivity contribution is 0.0925. The Bertz CT molecular complexity index is 1480. The fourth-order valence-electron chi connectivity index (χ4n) is 4.08. The number of imide groups is 1. The molecule has 162 valence electrons. The normalized spacial score (nSPS) is 12.3. The molecule has 5 rings (SSSR count). The van der Waals surface area contributed by atoms with Crippen LogP contribution in [0.5, 0.6) is 0 Å². The van der Waals surface area contributed by atoms with E-state index in [-0.39, 0.29) is 5.91 Å². The minimum Gasteiger partial charge on any atom is -0.322 e. The number of nitriles is 1. The summed E-state index contributed by atoms with van der Waals surface area (Å²) in [4.78, 5) is 39.9. The standard InChI is InChI=1S/C28H17N3O3/c29-17-18-8-1-2-11-21(18)22-12-3-4-13-23(22)26(32)30-19-9-7-10-20(16-19)31-27(33)24-14-5-6-15-25(24)28(31)34/h1-16H,(H,30,32). The molecule has 6 nitrogen and oxygen atoms in total. The summed E-state index contributed by atoms with van der Waals surface area (Å²) in [6.07, 6.45) is 0. The number of rotatable bonds is 4. The van der Waals surface area contributed by atoms with E-state index >= 15 is 0 Å². The van der Waals surface area contributed by atoms with E-state index < -0.39 is 11.8 Å². The number of anilines is 2. The zero-order valence-electron chi connectivity index (χ0n) is 17.9. The molecule has 0 fully saturated rings. The molecule has 1 N–H and O–H groups in total. The summed E-state index contributed by atoms with van der Waals surface area (Å²) >= 11 is 0. The van der Waals surface area contributed by atoms with Crippen molar-refractivity contribution in [2.45, 2.75) is 0 Å². The molecule has 4 aromatic carbocycles. The first-order chi connectivity index (χ1) is 16.6. The SMILES string of the molecule is N#Cc1ccccc1-c1ccccc1C(=O)Nc1cccc(N2C(=O)c3ccccc3C2=O)c1. The number of carbonyl (C=O) groups excluding carboxylic acids is 3. The quantitative estimate of drug-likeness (QED) is 0.435. The van der Waals surface area contributed by atoms with E-state index in [9.17, 15) is 19.6 Å². The molecule has 0 aromatic heterocycles. The fraction of sp³-hybridized carbons (Fsp3) is 0. The van der Waals surface area contributed by atoms with E-state index in [1.165, 1.54) is 0 Å². The van der Waals surface area contributed by atoms with Crippen LogP contribution in [0.2, 0.25) is 0 Å². The third-order valence-corrected chi connectivity index (χ3v) is 5.67. The summed E-state index contributed by atoms with van der Waals surface area (Å²) < 4.78 is 0. The number of carbonyl (C=O) groups is 3. The van der Waals surface area contributed by atoms with Gasteiger partial charge >= 0.3 is 0 Å². The molecule has 0 saturated carbocycles. The largest absolute Gasteiger partial charge is 0.322 e. The predicted octanol–water partition coefficient (Wildman–Crippen LogP) is 5.28. The minimum absolute atomic E-state index is 0.354. The maximum Gasteiger partial charge on any atom is 0.266 e. The molecule has 1 aliphatic rings. The van der Waals surface area contributed by atoms with Gasteiger partial charge in [-0.05, 0) is 48.0 Å². The third-order valence-electron chi connectivity index (χ3n) is 5.67. The summed E-state index contributed by atoms with van der Waals surface area (Å²) in [5, 5.41) is 12.3. The van der Waals surface area contributed by atoms with Crippen molar-refractivity contribution in [3.63, 3.8) is 0 Å². The van der Waals surface area contributed by atoms with Gasteiger partial charge in [0.25, 0.3) is 17.7 Å². The Morgan fingerprint density at radius 3 is 1.97 bits per heavy atom. The number of nitrogens with one attached hydrogen (secondary N) is 1. The molecule has 0 aliphatic carbocycles. The minimum atomic E-state index is -0.400. The fourth-order valence-corrected chi connectivity index (χ4v) is 4.08. The van der Waals surface area contributed by atoms with Crippen LogP contribution in [0.3, 0.4) is 0 Å². The Labute approximate surface area is 195 Å². The van der Waals surface area contributed by atoms with Gasteiger partial charge in [-0.3, -0.25) is 14.4 Å². The topological polar surface area (TPSA) is 90.3 Å². The first-order valence-electron chi connectivity index (χ1n) is 10.6. The van der Waals surface area contributed by atoms with Gasteiger partial charge in [-0.1, -0.05) is 54.6 Å². The van der Waals surface area contributed by atoms with E-state index in [0.717, 1.165) is 4.90 Å². The van der Waals surface area contributed by atoms with Gasteiger partial charge in [0.05, 0.1) is 28.4 Å². The molecule has 0 atom stereocenters. The van der Waals surface area contributed by atoms with Gasteiger partial charge in [0.1, 0.15) is 0 Å². The monoisotopic (exact) mass is 443 g/mol. The van der Waals surface area contributed by atoms with Crippen LogP contribution in [-0.4, -0.2) is 17.7 Å². The zero-order chi connectivity index (χ0) is 23.7. The highest BCUT2D eigenvalue weighted by molar-refractivity contribution is 6.34. The second-order valence-corrected chi connectivity index (χ2v) is 7.70. The van der Waals surface area contributed by atoms with Crippen LogP contribution in [-0.2, 0) is 0 Å². The summed E-state index contributed by atoms with van der Waals surface area (Å²) in [6, 6.07) is 29.6. The van der Waals surface area contributed by atoms with Gasteiger partial charge < -0.3 is 5.32 Å². The smallest absolute Gasteiger partial charge is 0.266 e. The maximum atomic E-state index is 13.2. The lowest BCUT2D eigenvalue weighted by Crippen LogP contribution is -2.29. The van der Waals surface area contributed by atoms with Gasteiger partial charge in [-0.2, -0.15) is 5.26 Å². The number of fused-ring (bicyclic) bond motifs is 1. The van der Waals surface area contributed by atoms with Gasteiger partial charge in [0.15, 0.2) is 0 Å². The first kappa shape index (κ1) is 20.9. The van der Waals surface area contributed by atoms with E-state index in [1.807, 2.05) is 12.1 Å². The summed E-state index contributed by atoms with van der Waals surface area (Å²) in [6.45, 7) is 0. The number of hydrogen-bond donors (Lipinski definition) is 1. The van der Waals surface area contributed by atoms with Crippen molar-refractivity contribution in [1.82, 2.24) is 0 Å². The van der Waals surface area contributed by atoms with Gasteiger partial charge in [-0.15, -0.1) is 0 Å². The van der Waals surface area contributed by atoms with Crippen LogP contribution in [0.1, 0.15) is 36.6 Å². The van der Waals surface area contributed by atoms with Crippen molar-refractivity contribution < 1.29 is 14.4 Å². The average Bonchev–Trinajstić information content (AvgIpc) is 3.14. The van der Waals surface area contributed by atoms with Gasteiger partial charge in [0, 0.05) is 16.8 Å². The summed E-state index contributed by atoms with van der Waals surface area (Å²) in [5.74, 6) is -1.17. The molecule has 6 heteroatoms. The van der Waals surface area contributed by atoms with Crippen molar-refractivity contribution in [3.8, 4) is 17.2 Å². The highest BCUT2D eigenvalue weighted by Crippen LogP contribution is 2.31. The van der Waals surface area contributed by atoms with Crippen molar-refractivity contribution in [1.29, 1.82) is 5.26 Å². The molecule has 34 heavy (non-hydrogen) atoms. The van der Waals surface area contributed by atoms with E-state index in [0.29, 0.717) is 44.8 Å². The molecule has 0 unspecified atom stereocenters. The molecule has 4 aromatic rings. The lowest BCUT2D eigenvalue weighted by atomic mass is 9.95. The van der Waals surface area contributed by atoms with Gasteiger partial charge in [0.2, 0.25) is 0 Å².